The van der Waals surface area contributed by atoms with Crippen molar-refractivity contribution in [2.75, 3.05) is 40.4 Å². The van der Waals surface area contributed by atoms with Crippen LogP contribution in [0.2, 0.25) is 0 Å². The van der Waals surface area contributed by atoms with E-state index in [0.717, 1.165) is 31.3 Å². The van der Waals surface area contributed by atoms with Crippen LogP contribution in [-0.2, 0) is 17.8 Å². The summed E-state index contributed by atoms with van der Waals surface area (Å²) in [7, 11) is 3.97. The van der Waals surface area contributed by atoms with E-state index in [1.165, 1.54) is 35.5 Å². The molecule has 1 aliphatic rings. The van der Waals surface area contributed by atoms with Gasteiger partial charge in [-0.3, -0.25) is 9.58 Å². The summed E-state index contributed by atoms with van der Waals surface area (Å²) in [6.07, 6.45) is 2.49. The van der Waals surface area contributed by atoms with E-state index in [0.29, 0.717) is 25.1 Å². The van der Waals surface area contributed by atoms with Crippen LogP contribution in [0.1, 0.15) is 47.6 Å². The summed E-state index contributed by atoms with van der Waals surface area (Å²) in [6, 6.07) is 4.92. The summed E-state index contributed by atoms with van der Waals surface area (Å²) in [4.78, 5) is 8.86. The van der Waals surface area contributed by atoms with Gasteiger partial charge in [0.25, 0.3) is 0 Å². The molecule has 0 bridgehead atoms. The van der Waals surface area contributed by atoms with Gasteiger partial charge in [0.15, 0.2) is 5.96 Å². The molecule has 1 fully saturated rings. The number of hydrogen-bond acceptors (Lipinski definition) is 5. The van der Waals surface area contributed by atoms with Crippen LogP contribution >= 0.6 is 11.3 Å². The molecule has 0 radical (unpaired) electrons. The van der Waals surface area contributed by atoms with E-state index in [1.54, 1.807) is 7.11 Å². The molecule has 0 spiro atoms. The second kappa shape index (κ2) is 11.6. The van der Waals surface area contributed by atoms with Crippen molar-refractivity contribution < 1.29 is 4.74 Å². The standard InChI is InChI=1S/C23H38N6OS/c1-6-24-23(26-16-20-17(2)27-29(18(20)3)12-13-30-5)25-15-19-9-7-11-28(4)22(19)21-10-8-14-31-21/h8,10,14,19,22H,6-7,9,11-13,15-16H2,1-5H3,(H2,24,25,26). The second-order valence-corrected chi connectivity index (χ2v) is 9.26. The minimum atomic E-state index is 0.479. The third kappa shape index (κ3) is 6.08. The molecule has 0 aromatic carbocycles. The maximum atomic E-state index is 5.20. The molecule has 1 aliphatic heterocycles. The lowest BCUT2D eigenvalue weighted by Crippen LogP contribution is -2.44. The fraction of sp³-hybridized carbons (Fsp3) is 0.652. The monoisotopic (exact) mass is 446 g/mol. The average molecular weight is 447 g/mol. The number of ether oxygens (including phenoxy) is 1. The van der Waals surface area contributed by atoms with Crippen LogP contribution in [0.25, 0.3) is 0 Å². The molecule has 1 saturated heterocycles. The van der Waals surface area contributed by atoms with Gasteiger partial charge in [0.1, 0.15) is 0 Å². The first-order chi connectivity index (χ1) is 15.0. The third-order valence-electron chi connectivity index (χ3n) is 6.15. The maximum absolute atomic E-state index is 5.20. The van der Waals surface area contributed by atoms with Crippen LogP contribution in [0.5, 0.6) is 0 Å². The van der Waals surface area contributed by atoms with E-state index < -0.39 is 0 Å². The Balaban J connectivity index is 1.67. The lowest BCUT2D eigenvalue weighted by Gasteiger charge is -2.39. The smallest absolute Gasteiger partial charge is 0.191 e. The first-order valence-electron chi connectivity index (χ1n) is 11.3. The van der Waals surface area contributed by atoms with Gasteiger partial charge < -0.3 is 15.4 Å². The molecule has 2 aromatic heterocycles. The Bertz CT molecular complexity index is 831. The normalized spacial score (nSPS) is 20.2. The molecule has 2 aromatic rings. The Hall–Kier alpha value is -1.90. The van der Waals surface area contributed by atoms with Crippen molar-refractivity contribution in [2.45, 2.75) is 52.7 Å². The van der Waals surface area contributed by atoms with E-state index in [2.05, 4.69) is 66.0 Å². The molecule has 2 unspecified atom stereocenters. The number of thiophene rings is 1. The minimum absolute atomic E-state index is 0.479. The number of rotatable bonds is 9. The SMILES string of the molecule is CCNC(=NCc1c(C)nn(CCOC)c1C)NCC1CCCN(C)C1c1cccs1. The number of hydrogen-bond donors (Lipinski definition) is 2. The molecular weight excluding hydrogens is 408 g/mol. The van der Waals surface area contributed by atoms with E-state index in [-0.39, 0.29) is 0 Å². The Morgan fingerprint density at radius 1 is 1.35 bits per heavy atom. The van der Waals surface area contributed by atoms with E-state index in [1.807, 2.05) is 16.0 Å². The van der Waals surface area contributed by atoms with E-state index in [9.17, 15) is 0 Å². The fourth-order valence-electron chi connectivity index (χ4n) is 4.47. The Morgan fingerprint density at radius 3 is 2.90 bits per heavy atom. The van der Waals surface area contributed by atoms with Crippen molar-refractivity contribution in [1.29, 1.82) is 0 Å². The van der Waals surface area contributed by atoms with Crippen LogP contribution in [0, 0.1) is 19.8 Å². The van der Waals surface area contributed by atoms with Gasteiger partial charge in [0.05, 0.1) is 25.4 Å². The van der Waals surface area contributed by atoms with Crippen molar-refractivity contribution in [3.63, 3.8) is 0 Å². The predicted octanol–water partition coefficient (Wildman–Crippen LogP) is 3.35. The maximum Gasteiger partial charge on any atom is 0.191 e. The lowest BCUT2D eigenvalue weighted by molar-refractivity contribution is 0.125. The lowest BCUT2D eigenvalue weighted by atomic mass is 9.88. The summed E-state index contributed by atoms with van der Waals surface area (Å²) >= 11 is 1.87. The molecule has 3 rings (SSSR count). The van der Waals surface area contributed by atoms with Gasteiger partial charge in [-0.15, -0.1) is 11.3 Å². The number of methoxy groups -OCH3 is 1. The van der Waals surface area contributed by atoms with Crippen molar-refractivity contribution in [3.8, 4) is 0 Å². The molecule has 31 heavy (non-hydrogen) atoms. The highest BCUT2D eigenvalue weighted by molar-refractivity contribution is 7.10. The molecule has 2 N–H and O–H groups in total. The molecule has 8 heteroatoms. The number of guanidine groups is 1. The quantitative estimate of drug-likeness (QED) is 0.457. The summed E-state index contributed by atoms with van der Waals surface area (Å²) in [6.45, 7) is 11.3. The highest BCUT2D eigenvalue weighted by Crippen LogP contribution is 2.36. The number of aromatic nitrogens is 2. The van der Waals surface area contributed by atoms with Crippen molar-refractivity contribution in [3.05, 3.63) is 39.3 Å². The number of likely N-dealkylation sites (tertiary alicyclic amines) is 1. The Kier molecular flexibility index (Phi) is 8.92. The topological polar surface area (TPSA) is 66.7 Å². The molecule has 0 aliphatic carbocycles. The van der Waals surface area contributed by atoms with Gasteiger partial charge >= 0.3 is 0 Å². The highest BCUT2D eigenvalue weighted by Gasteiger charge is 2.31. The van der Waals surface area contributed by atoms with Crippen molar-refractivity contribution in [2.24, 2.45) is 10.9 Å². The zero-order chi connectivity index (χ0) is 22.2. The summed E-state index contributed by atoms with van der Waals surface area (Å²) in [5.74, 6) is 1.45. The highest BCUT2D eigenvalue weighted by atomic mass is 32.1. The minimum Gasteiger partial charge on any atom is -0.383 e. The first kappa shape index (κ1) is 23.8. The Labute approximate surface area is 190 Å². The number of nitrogens with zero attached hydrogens (tertiary/aromatic N) is 4. The average Bonchev–Trinajstić information content (AvgIpc) is 3.37. The van der Waals surface area contributed by atoms with Gasteiger partial charge in [0, 0.05) is 42.4 Å². The third-order valence-corrected chi connectivity index (χ3v) is 7.09. The van der Waals surface area contributed by atoms with Crippen LogP contribution in [0.15, 0.2) is 22.5 Å². The van der Waals surface area contributed by atoms with Crippen molar-refractivity contribution in [1.82, 2.24) is 25.3 Å². The van der Waals surface area contributed by atoms with E-state index in [4.69, 9.17) is 9.73 Å². The van der Waals surface area contributed by atoms with Gasteiger partial charge in [-0.25, -0.2) is 4.99 Å². The summed E-state index contributed by atoms with van der Waals surface area (Å²) < 4.78 is 7.22. The first-order valence-corrected chi connectivity index (χ1v) is 12.2. The van der Waals surface area contributed by atoms with Gasteiger partial charge in [-0.05, 0) is 64.6 Å². The predicted molar refractivity (Wildman–Crippen MR) is 129 cm³/mol. The van der Waals surface area contributed by atoms with Crippen LogP contribution in [0.4, 0.5) is 0 Å². The molecule has 7 nitrogen and oxygen atoms in total. The molecule has 0 saturated carbocycles. The Morgan fingerprint density at radius 2 is 2.19 bits per heavy atom. The number of nitrogens with one attached hydrogen (secondary N) is 2. The largest absolute Gasteiger partial charge is 0.383 e. The van der Waals surface area contributed by atoms with Gasteiger partial charge in [-0.2, -0.15) is 5.10 Å². The van der Waals surface area contributed by atoms with Crippen LogP contribution in [-0.4, -0.2) is 61.0 Å². The molecule has 2 atom stereocenters. The number of aryl methyl sites for hydroxylation is 1. The van der Waals surface area contributed by atoms with Crippen LogP contribution in [0.3, 0.4) is 0 Å². The summed E-state index contributed by atoms with van der Waals surface area (Å²) in [5.41, 5.74) is 3.41. The summed E-state index contributed by atoms with van der Waals surface area (Å²) in [5, 5.41) is 13.9. The molecule has 0 amide bonds. The second-order valence-electron chi connectivity index (χ2n) is 8.28. The van der Waals surface area contributed by atoms with Gasteiger partial charge in [-0.1, -0.05) is 6.07 Å². The van der Waals surface area contributed by atoms with Crippen molar-refractivity contribution >= 4 is 17.3 Å². The molecule has 3 heterocycles. The fourth-order valence-corrected chi connectivity index (χ4v) is 5.45. The van der Waals surface area contributed by atoms with Crippen LogP contribution < -0.4 is 10.6 Å². The molecular formula is C23H38N6OS. The zero-order valence-electron chi connectivity index (χ0n) is 19.6. The zero-order valence-corrected chi connectivity index (χ0v) is 20.5. The molecule has 172 valence electrons. The van der Waals surface area contributed by atoms with Gasteiger partial charge in [0.2, 0.25) is 0 Å². The number of piperidine rings is 1. The number of aliphatic imine (C=N–C) groups is 1. The van der Waals surface area contributed by atoms with E-state index >= 15 is 0 Å².